The molecule has 0 fully saturated rings. The number of benzene rings is 2. The predicted molar refractivity (Wildman–Crippen MR) is 96.4 cm³/mol. The lowest BCUT2D eigenvalue weighted by Gasteiger charge is -2.18. The summed E-state index contributed by atoms with van der Waals surface area (Å²) < 4.78 is 1.03. The second-order valence-corrected chi connectivity index (χ2v) is 7.09. The average molecular weight is 358 g/mol. The molecule has 2 aromatic carbocycles. The molecule has 0 aliphatic heterocycles. The van der Waals surface area contributed by atoms with Crippen molar-refractivity contribution in [3.8, 4) is 0 Å². The molecular weight excluding hydrogens is 338 g/mol. The van der Waals surface area contributed by atoms with Crippen LogP contribution in [0.25, 0.3) is 0 Å². The van der Waals surface area contributed by atoms with Crippen molar-refractivity contribution in [2.24, 2.45) is 0 Å². The van der Waals surface area contributed by atoms with E-state index in [4.69, 9.17) is 0 Å². The molecule has 0 saturated carbocycles. The van der Waals surface area contributed by atoms with E-state index in [1.54, 1.807) is 12.3 Å². The fourth-order valence-electron chi connectivity index (χ4n) is 1.99. The maximum atomic E-state index is 12.1. The molecular formula is C19H20BrNO. The third-order valence-corrected chi connectivity index (χ3v) is 3.89. The van der Waals surface area contributed by atoms with Gasteiger partial charge in [0.15, 0.2) is 5.78 Å². The topological polar surface area (TPSA) is 29.1 Å². The van der Waals surface area contributed by atoms with E-state index in [0.29, 0.717) is 5.56 Å². The molecule has 0 amide bonds. The van der Waals surface area contributed by atoms with Crippen LogP contribution in [0, 0.1) is 0 Å². The first kappa shape index (κ1) is 16.5. The molecule has 0 bridgehead atoms. The van der Waals surface area contributed by atoms with Crippen LogP contribution in [0.15, 0.2) is 65.3 Å². The first-order chi connectivity index (χ1) is 10.4. The summed E-state index contributed by atoms with van der Waals surface area (Å²) in [5.41, 5.74) is 2.96. The lowest BCUT2D eigenvalue weighted by Crippen LogP contribution is -2.11. The van der Waals surface area contributed by atoms with E-state index in [1.807, 2.05) is 48.5 Å². The van der Waals surface area contributed by atoms with E-state index >= 15 is 0 Å². The highest BCUT2D eigenvalue weighted by Gasteiger charge is 2.13. The van der Waals surface area contributed by atoms with Crippen molar-refractivity contribution < 1.29 is 4.79 Å². The number of allylic oxidation sites excluding steroid dienone is 1. The van der Waals surface area contributed by atoms with Gasteiger partial charge in [-0.05, 0) is 35.2 Å². The summed E-state index contributed by atoms with van der Waals surface area (Å²) in [6.45, 7) is 6.48. The Balaban J connectivity index is 1.99. The number of carbonyl (C=O) groups excluding carboxylic acids is 1. The van der Waals surface area contributed by atoms with E-state index < -0.39 is 0 Å². The summed E-state index contributed by atoms with van der Waals surface area (Å²) >= 11 is 3.39. The number of hydrogen-bond acceptors (Lipinski definition) is 2. The molecule has 0 unspecified atom stereocenters. The van der Waals surface area contributed by atoms with Crippen LogP contribution in [0.2, 0.25) is 0 Å². The molecule has 1 N–H and O–H groups in total. The molecule has 0 aliphatic carbocycles. The SMILES string of the molecule is CC(C)(C)c1ccc(C(=O)/C=C/Nc2ccc(Br)cc2)cc1. The van der Waals surface area contributed by atoms with Gasteiger partial charge in [0.1, 0.15) is 0 Å². The van der Waals surface area contributed by atoms with Gasteiger partial charge in [0.25, 0.3) is 0 Å². The molecule has 2 aromatic rings. The van der Waals surface area contributed by atoms with Crippen molar-refractivity contribution in [1.82, 2.24) is 0 Å². The maximum Gasteiger partial charge on any atom is 0.187 e. The van der Waals surface area contributed by atoms with Gasteiger partial charge in [-0.3, -0.25) is 4.79 Å². The predicted octanol–water partition coefficient (Wildman–Crippen LogP) is 5.56. The lowest BCUT2D eigenvalue weighted by molar-refractivity contribution is 0.104. The van der Waals surface area contributed by atoms with Crippen molar-refractivity contribution in [2.75, 3.05) is 5.32 Å². The normalized spacial score (nSPS) is 11.6. The fourth-order valence-corrected chi connectivity index (χ4v) is 2.25. The molecule has 0 aliphatic rings. The minimum atomic E-state index is -0.00919. The first-order valence-corrected chi connectivity index (χ1v) is 7.99. The fraction of sp³-hybridized carbons (Fsp3) is 0.211. The van der Waals surface area contributed by atoms with Crippen molar-refractivity contribution in [1.29, 1.82) is 0 Å². The highest BCUT2D eigenvalue weighted by Crippen LogP contribution is 2.22. The van der Waals surface area contributed by atoms with E-state index in [1.165, 1.54) is 5.56 Å². The molecule has 0 heterocycles. The molecule has 3 heteroatoms. The molecule has 0 spiro atoms. The third kappa shape index (κ3) is 4.57. The van der Waals surface area contributed by atoms with Gasteiger partial charge < -0.3 is 5.32 Å². The molecule has 0 radical (unpaired) electrons. The van der Waals surface area contributed by atoms with E-state index in [-0.39, 0.29) is 11.2 Å². The molecule has 2 nitrogen and oxygen atoms in total. The highest BCUT2D eigenvalue weighted by atomic mass is 79.9. The smallest absolute Gasteiger partial charge is 0.187 e. The Morgan fingerprint density at radius 3 is 2.14 bits per heavy atom. The largest absolute Gasteiger partial charge is 0.362 e. The summed E-state index contributed by atoms with van der Waals surface area (Å²) in [5.74, 6) is -0.00919. The quantitative estimate of drug-likeness (QED) is 0.573. The summed E-state index contributed by atoms with van der Waals surface area (Å²) in [7, 11) is 0. The Hall–Kier alpha value is -1.87. The standard InChI is InChI=1S/C19H20BrNO/c1-19(2,3)15-6-4-14(5-7-15)18(22)12-13-21-17-10-8-16(20)9-11-17/h4-13,21H,1-3H3/b13-12+. The number of ketones is 1. The lowest BCUT2D eigenvalue weighted by atomic mass is 9.86. The second kappa shape index (κ2) is 6.93. The van der Waals surface area contributed by atoms with Gasteiger partial charge in [0, 0.05) is 28.0 Å². The Morgan fingerprint density at radius 2 is 1.59 bits per heavy atom. The molecule has 2 rings (SSSR count). The summed E-state index contributed by atoms with van der Waals surface area (Å²) in [6, 6.07) is 15.6. The average Bonchev–Trinajstić information content (AvgIpc) is 2.48. The minimum Gasteiger partial charge on any atom is -0.362 e. The van der Waals surface area contributed by atoms with Crippen LogP contribution < -0.4 is 5.32 Å². The van der Waals surface area contributed by atoms with Gasteiger partial charge in [-0.25, -0.2) is 0 Å². The molecule has 0 saturated heterocycles. The number of halogens is 1. The van der Waals surface area contributed by atoms with Crippen molar-refractivity contribution in [3.63, 3.8) is 0 Å². The monoisotopic (exact) mass is 357 g/mol. The van der Waals surface area contributed by atoms with Gasteiger partial charge in [-0.2, -0.15) is 0 Å². The number of hydrogen-bond donors (Lipinski definition) is 1. The Morgan fingerprint density at radius 1 is 1.00 bits per heavy atom. The zero-order chi connectivity index (χ0) is 16.2. The van der Waals surface area contributed by atoms with Gasteiger partial charge >= 0.3 is 0 Å². The van der Waals surface area contributed by atoms with Crippen LogP contribution in [-0.4, -0.2) is 5.78 Å². The minimum absolute atomic E-state index is 0.00919. The Kier molecular flexibility index (Phi) is 5.19. The van der Waals surface area contributed by atoms with Crippen LogP contribution in [0.4, 0.5) is 5.69 Å². The van der Waals surface area contributed by atoms with E-state index in [2.05, 4.69) is 42.0 Å². The summed E-state index contributed by atoms with van der Waals surface area (Å²) in [6.07, 6.45) is 3.22. The number of carbonyl (C=O) groups is 1. The van der Waals surface area contributed by atoms with E-state index in [9.17, 15) is 4.79 Å². The summed E-state index contributed by atoms with van der Waals surface area (Å²) in [5, 5.41) is 3.09. The number of anilines is 1. The third-order valence-electron chi connectivity index (χ3n) is 3.36. The maximum absolute atomic E-state index is 12.1. The molecule has 22 heavy (non-hydrogen) atoms. The van der Waals surface area contributed by atoms with Gasteiger partial charge in [-0.15, -0.1) is 0 Å². The first-order valence-electron chi connectivity index (χ1n) is 7.20. The van der Waals surface area contributed by atoms with Crippen LogP contribution in [-0.2, 0) is 5.41 Å². The number of rotatable bonds is 4. The highest BCUT2D eigenvalue weighted by molar-refractivity contribution is 9.10. The number of nitrogens with one attached hydrogen (secondary N) is 1. The van der Waals surface area contributed by atoms with Crippen LogP contribution in [0.1, 0.15) is 36.7 Å². The van der Waals surface area contributed by atoms with Crippen molar-refractivity contribution >= 4 is 27.4 Å². The van der Waals surface area contributed by atoms with Crippen LogP contribution in [0.5, 0.6) is 0 Å². The molecule has 0 aromatic heterocycles. The second-order valence-electron chi connectivity index (χ2n) is 6.18. The zero-order valence-electron chi connectivity index (χ0n) is 13.1. The van der Waals surface area contributed by atoms with Gasteiger partial charge in [0.05, 0.1) is 0 Å². The Bertz CT molecular complexity index is 664. The van der Waals surface area contributed by atoms with Gasteiger partial charge in [-0.1, -0.05) is 61.0 Å². The van der Waals surface area contributed by atoms with Crippen molar-refractivity contribution in [2.45, 2.75) is 26.2 Å². The van der Waals surface area contributed by atoms with Crippen LogP contribution in [0.3, 0.4) is 0 Å². The molecule has 114 valence electrons. The Labute approximate surface area is 140 Å². The summed E-state index contributed by atoms with van der Waals surface area (Å²) in [4.78, 5) is 12.1. The van der Waals surface area contributed by atoms with Gasteiger partial charge in [0.2, 0.25) is 0 Å². The van der Waals surface area contributed by atoms with Crippen LogP contribution >= 0.6 is 15.9 Å². The van der Waals surface area contributed by atoms with Crippen molar-refractivity contribution in [3.05, 3.63) is 76.4 Å². The van der Waals surface area contributed by atoms with E-state index in [0.717, 1.165) is 10.2 Å². The zero-order valence-corrected chi connectivity index (χ0v) is 14.6. The molecule has 0 atom stereocenters.